The minimum atomic E-state index is -1.19. The summed E-state index contributed by atoms with van der Waals surface area (Å²) in [6.45, 7) is 6.69. The normalized spacial score (nSPS) is 14.4. The fourth-order valence-corrected chi connectivity index (χ4v) is 4.03. The third kappa shape index (κ3) is 6.64. The number of aliphatic carboxylic acids is 2. The van der Waals surface area contributed by atoms with Crippen molar-refractivity contribution in [3.63, 3.8) is 0 Å². The summed E-state index contributed by atoms with van der Waals surface area (Å²) in [5.41, 5.74) is 8.28. The van der Waals surface area contributed by atoms with E-state index < -0.39 is 11.9 Å². The van der Waals surface area contributed by atoms with Gasteiger partial charge < -0.3 is 10.2 Å². The fourth-order valence-electron chi connectivity index (χ4n) is 4.03. The number of benzene rings is 4. The molecule has 4 aromatic carbocycles. The number of aryl methyl sites for hydroxylation is 2. The Morgan fingerprint density at radius 3 is 1.28 bits per heavy atom. The maximum absolute atomic E-state index is 10.1. The van der Waals surface area contributed by atoms with Gasteiger partial charge in [0.05, 0.1) is 22.8 Å². The Labute approximate surface area is 241 Å². The molecule has 0 atom stereocenters. The van der Waals surface area contributed by atoms with Gasteiger partial charge >= 0.3 is 11.9 Å². The van der Waals surface area contributed by atoms with Crippen LogP contribution in [0.1, 0.15) is 36.1 Å². The molecule has 6 nitrogen and oxygen atoms in total. The summed E-state index contributed by atoms with van der Waals surface area (Å²) >= 11 is 0. The van der Waals surface area contributed by atoms with Gasteiger partial charge in [-0.3, -0.25) is 0 Å². The summed E-state index contributed by atoms with van der Waals surface area (Å²) in [6.07, 6.45) is 0. The fraction of sp³-hybridized carbons (Fsp3) is 0.125. The number of carbonyl (C=O) groups is 2. The van der Waals surface area contributed by atoms with Crippen molar-refractivity contribution in [3.05, 3.63) is 118 Å². The van der Waals surface area contributed by atoms with Gasteiger partial charge in [-0.1, -0.05) is 71.8 Å². The number of carboxylic acids is 2. The molecule has 200 valence electrons. The smallest absolute Gasteiger partial charge is 0.331 e. The van der Waals surface area contributed by atoms with E-state index in [1.54, 1.807) is 0 Å². The number of rotatable bonds is 4. The molecule has 1 aliphatic rings. The zero-order valence-electron chi connectivity index (χ0n) is 22.0. The van der Waals surface area contributed by atoms with Crippen molar-refractivity contribution in [2.45, 2.75) is 27.7 Å². The number of carboxylic acid groups (broad SMARTS) is 2. The Kier molecular flexibility index (Phi) is 9.48. The van der Waals surface area contributed by atoms with Crippen LogP contribution in [0.2, 0.25) is 0 Å². The van der Waals surface area contributed by atoms with Gasteiger partial charge in [-0.05, 0) is 57.3 Å². The molecule has 0 radical (unpaired) electrons. The van der Waals surface area contributed by atoms with Crippen LogP contribution in [0.5, 0.6) is 0 Å². The average Bonchev–Trinajstić information content (AvgIpc) is 3.20. The molecule has 0 unspecified atom stereocenters. The van der Waals surface area contributed by atoms with Crippen molar-refractivity contribution < 1.29 is 40.2 Å². The molecule has 0 spiro atoms. The molecule has 0 saturated heterocycles. The Morgan fingerprint density at radius 1 is 0.590 bits per heavy atom. The van der Waals surface area contributed by atoms with Gasteiger partial charge in [-0.15, -0.1) is 0 Å². The first-order valence-corrected chi connectivity index (χ1v) is 12.1. The SMILES string of the molecule is C/C(C(=O)O)=C(/C)C(=O)O.Cc1ccc(N=C2C(=Nc3ccc(C)cc3)c3cccc4cccc2c34)cc1.[Pd]. The summed E-state index contributed by atoms with van der Waals surface area (Å²) in [5, 5.41) is 19.0. The topological polar surface area (TPSA) is 99.3 Å². The Balaban J connectivity index is 0.000000330. The molecular weight excluding hydrogens is 583 g/mol. The summed E-state index contributed by atoms with van der Waals surface area (Å²) in [7, 11) is 0. The van der Waals surface area contributed by atoms with E-state index in [0.29, 0.717) is 0 Å². The second-order valence-electron chi connectivity index (χ2n) is 9.16. The van der Waals surface area contributed by atoms with Crippen molar-refractivity contribution >= 4 is 45.5 Å². The van der Waals surface area contributed by atoms with Crippen LogP contribution >= 0.6 is 0 Å². The largest absolute Gasteiger partial charge is 0.478 e. The molecule has 1 aliphatic carbocycles. The molecular formula is C32H28N2O4Pd. The maximum Gasteiger partial charge on any atom is 0.331 e. The van der Waals surface area contributed by atoms with Crippen LogP contribution in [0.25, 0.3) is 10.8 Å². The molecule has 5 rings (SSSR count). The molecule has 39 heavy (non-hydrogen) atoms. The number of aliphatic imine (C=N–C) groups is 2. The van der Waals surface area contributed by atoms with Gasteiger partial charge in [-0.2, -0.15) is 0 Å². The van der Waals surface area contributed by atoms with Crippen LogP contribution in [-0.4, -0.2) is 33.6 Å². The average molecular weight is 611 g/mol. The summed E-state index contributed by atoms with van der Waals surface area (Å²) in [5.74, 6) is -2.39. The van der Waals surface area contributed by atoms with E-state index in [9.17, 15) is 9.59 Å². The molecule has 0 saturated carbocycles. The van der Waals surface area contributed by atoms with Crippen LogP contribution in [0.4, 0.5) is 11.4 Å². The zero-order chi connectivity index (χ0) is 27.4. The monoisotopic (exact) mass is 610 g/mol. The minimum Gasteiger partial charge on any atom is -0.478 e. The van der Waals surface area contributed by atoms with Gasteiger partial charge in [0.1, 0.15) is 0 Å². The first-order valence-electron chi connectivity index (χ1n) is 12.1. The van der Waals surface area contributed by atoms with E-state index in [2.05, 4.69) is 98.8 Å². The molecule has 0 heterocycles. The summed E-state index contributed by atoms with van der Waals surface area (Å²) < 4.78 is 0. The first-order chi connectivity index (χ1) is 18.2. The van der Waals surface area contributed by atoms with Gasteiger partial charge in [-0.25, -0.2) is 19.6 Å². The number of nitrogens with zero attached hydrogens (tertiary/aromatic N) is 2. The third-order valence-electron chi connectivity index (χ3n) is 6.39. The van der Waals surface area contributed by atoms with Gasteiger partial charge in [0.25, 0.3) is 0 Å². The minimum absolute atomic E-state index is 0. The van der Waals surface area contributed by atoms with Crippen LogP contribution in [0.3, 0.4) is 0 Å². The van der Waals surface area contributed by atoms with Crippen LogP contribution in [0, 0.1) is 13.8 Å². The zero-order valence-corrected chi connectivity index (χ0v) is 23.6. The van der Waals surface area contributed by atoms with E-state index >= 15 is 0 Å². The number of hydrogen-bond donors (Lipinski definition) is 2. The second-order valence-corrected chi connectivity index (χ2v) is 9.16. The predicted octanol–water partition coefficient (Wildman–Crippen LogP) is 7.20. The van der Waals surface area contributed by atoms with Crippen molar-refractivity contribution in [1.82, 2.24) is 0 Å². The Morgan fingerprint density at radius 2 is 0.949 bits per heavy atom. The van der Waals surface area contributed by atoms with Gasteiger partial charge in [0.15, 0.2) is 0 Å². The van der Waals surface area contributed by atoms with Crippen molar-refractivity contribution in [1.29, 1.82) is 0 Å². The number of hydrogen-bond acceptors (Lipinski definition) is 4. The van der Waals surface area contributed by atoms with Crippen LogP contribution < -0.4 is 0 Å². The first kappa shape index (κ1) is 29.4. The summed E-state index contributed by atoms with van der Waals surface area (Å²) in [6, 6.07) is 29.4. The summed E-state index contributed by atoms with van der Waals surface area (Å²) in [4.78, 5) is 30.3. The quantitative estimate of drug-likeness (QED) is 0.189. The van der Waals surface area contributed by atoms with Crippen molar-refractivity contribution in [2.75, 3.05) is 0 Å². The van der Waals surface area contributed by atoms with Crippen LogP contribution in [0.15, 0.2) is 106 Å². The van der Waals surface area contributed by atoms with Crippen LogP contribution in [-0.2, 0) is 30.0 Å². The second kappa shape index (κ2) is 12.6. The molecule has 0 fully saturated rings. The van der Waals surface area contributed by atoms with Gasteiger partial charge in [0, 0.05) is 48.1 Å². The Bertz CT molecular complexity index is 1520. The molecule has 0 amide bonds. The third-order valence-corrected chi connectivity index (χ3v) is 6.39. The molecule has 4 aromatic rings. The molecule has 0 aliphatic heterocycles. The van der Waals surface area contributed by atoms with E-state index in [-0.39, 0.29) is 31.6 Å². The molecule has 2 N–H and O–H groups in total. The van der Waals surface area contributed by atoms with E-state index in [1.807, 2.05) is 0 Å². The van der Waals surface area contributed by atoms with Gasteiger partial charge in [0.2, 0.25) is 0 Å². The molecule has 7 heteroatoms. The Hall–Kier alpha value is -4.18. The molecule has 0 bridgehead atoms. The standard InChI is InChI=1S/C26H20N2.C6H8O4.Pd/c1-17-9-13-20(14-10-17)27-25-22-7-3-5-19-6-4-8-23(24(19)22)26(25)28-21-15-11-18(2)12-16-21;1-3(5(7)8)4(2)6(9)10;/h3-16H,1-2H3;1-2H3,(H,7,8)(H,9,10);/b;4-3+;. The van der Waals surface area contributed by atoms with E-state index in [1.165, 1.54) is 35.7 Å². The van der Waals surface area contributed by atoms with Crippen molar-refractivity contribution in [3.8, 4) is 0 Å². The van der Waals surface area contributed by atoms with E-state index in [4.69, 9.17) is 20.2 Å². The maximum atomic E-state index is 10.1. The van der Waals surface area contributed by atoms with Crippen molar-refractivity contribution in [2.24, 2.45) is 9.98 Å². The predicted molar refractivity (Wildman–Crippen MR) is 152 cm³/mol. The van der Waals surface area contributed by atoms with E-state index in [0.717, 1.165) is 33.9 Å². The molecule has 0 aromatic heterocycles.